The highest BCUT2D eigenvalue weighted by atomic mass is 16.6. The highest BCUT2D eigenvalue weighted by molar-refractivity contribution is 6.06. The van der Waals surface area contributed by atoms with E-state index in [-0.39, 0.29) is 23.1 Å². The van der Waals surface area contributed by atoms with Crippen molar-refractivity contribution < 1.29 is 37.7 Å². The minimum Gasteiger partial charge on any atom is -0.497 e. The van der Waals surface area contributed by atoms with Gasteiger partial charge >= 0.3 is 11.7 Å². The Labute approximate surface area is 266 Å². The molecule has 0 radical (unpaired) electrons. The number of hydrogen-bond acceptors (Lipinski definition) is 9. The molecule has 1 N–H and O–H groups in total. The molecule has 0 bridgehead atoms. The van der Waals surface area contributed by atoms with Gasteiger partial charge in [-0.2, -0.15) is 0 Å². The van der Waals surface area contributed by atoms with Gasteiger partial charge < -0.3 is 38.3 Å². The topological polar surface area (TPSA) is 126 Å². The van der Waals surface area contributed by atoms with Gasteiger partial charge in [-0.25, -0.2) is 9.59 Å². The van der Waals surface area contributed by atoms with E-state index in [1.54, 1.807) is 49.5 Å². The maximum Gasteiger partial charge on any atom is 0.410 e. The Morgan fingerprint density at radius 1 is 0.935 bits per heavy atom. The molecule has 1 aromatic heterocycles. The summed E-state index contributed by atoms with van der Waals surface area (Å²) in [5.41, 5.74) is 0.575. The highest BCUT2D eigenvalue weighted by Crippen LogP contribution is 2.37. The molecule has 0 spiro atoms. The molecule has 1 saturated heterocycles. The van der Waals surface area contributed by atoms with Crippen LogP contribution in [0.3, 0.4) is 0 Å². The van der Waals surface area contributed by atoms with E-state index in [0.29, 0.717) is 46.9 Å². The van der Waals surface area contributed by atoms with Crippen molar-refractivity contribution in [3.05, 3.63) is 76.6 Å². The molecule has 3 aromatic carbocycles. The predicted octanol–water partition coefficient (Wildman–Crippen LogP) is 6.52. The molecule has 4 aromatic rings. The second kappa shape index (κ2) is 13.4. The maximum absolute atomic E-state index is 13.3. The molecule has 2 heterocycles. The second-order valence-electron chi connectivity index (χ2n) is 11.9. The van der Waals surface area contributed by atoms with Crippen LogP contribution in [0.4, 0.5) is 10.5 Å². The first-order chi connectivity index (χ1) is 22.0. The van der Waals surface area contributed by atoms with Gasteiger partial charge in [0.25, 0.3) is 5.91 Å². The van der Waals surface area contributed by atoms with E-state index in [9.17, 15) is 14.4 Å². The number of rotatable bonds is 8. The standard InChI is InChI=1S/C35H38N2O9/c1-35(2,3)46-34(40)37-16-8-11-25(20-37)44-29-15-12-22-19-27(33(39)45-30(22)31(29)43-6)36-32(38)23-13-14-28(42-5)26(18-23)21-9-7-10-24(17-21)41-4/h7,9-10,12-15,17-19,25H,8,11,16,20H2,1-6H3,(H,36,38). The molecule has 1 unspecified atom stereocenters. The first-order valence-electron chi connectivity index (χ1n) is 14.9. The van der Waals surface area contributed by atoms with Crippen molar-refractivity contribution in [3.8, 4) is 34.1 Å². The molecule has 5 rings (SSSR count). The summed E-state index contributed by atoms with van der Waals surface area (Å²) in [7, 11) is 4.59. The SMILES string of the molecule is COc1cccc(-c2cc(C(=O)Nc3cc4ccc(OC5CCCN(C(=O)OC(C)(C)C)C5)c(OC)c4oc3=O)ccc2OC)c1. The van der Waals surface area contributed by atoms with Crippen LogP contribution in [0.25, 0.3) is 22.1 Å². The summed E-state index contributed by atoms with van der Waals surface area (Å²) in [6, 6.07) is 17.4. The lowest BCUT2D eigenvalue weighted by molar-refractivity contribution is 0.00751. The predicted molar refractivity (Wildman–Crippen MR) is 173 cm³/mol. The zero-order valence-corrected chi connectivity index (χ0v) is 26.8. The van der Waals surface area contributed by atoms with Gasteiger partial charge in [0.15, 0.2) is 11.3 Å². The summed E-state index contributed by atoms with van der Waals surface area (Å²) < 4.78 is 33.9. The quantitative estimate of drug-likeness (QED) is 0.217. The van der Waals surface area contributed by atoms with Gasteiger partial charge in [0.05, 0.1) is 27.9 Å². The number of nitrogens with zero attached hydrogens (tertiary/aromatic N) is 1. The number of hydrogen-bond donors (Lipinski definition) is 1. The maximum atomic E-state index is 13.3. The zero-order valence-electron chi connectivity index (χ0n) is 26.8. The number of amides is 2. The molecule has 1 aliphatic heterocycles. The molecule has 0 saturated carbocycles. The van der Waals surface area contributed by atoms with Gasteiger partial charge in [-0.3, -0.25) is 4.79 Å². The van der Waals surface area contributed by atoms with E-state index in [0.717, 1.165) is 18.4 Å². The van der Waals surface area contributed by atoms with Crippen LogP contribution in [-0.4, -0.2) is 63.0 Å². The van der Waals surface area contributed by atoms with Crippen LogP contribution in [0.15, 0.2) is 69.9 Å². The van der Waals surface area contributed by atoms with Crippen LogP contribution in [-0.2, 0) is 4.74 Å². The van der Waals surface area contributed by atoms with E-state index in [2.05, 4.69) is 5.32 Å². The fraction of sp³-hybridized carbons (Fsp3) is 0.343. The Morgan fingerprint density at radius 3 is 2.43 bits per heavy atom. The molecule has 0 aliphatic carbocycles. The third-order valence-corrected chi connectivity index (χ3v) is 7.44. The number of methoxy groups -OCH3 is 3. The molecule has 1 atom stereocenters. The Balaban J connectivity index is 1.37. The number of benzene rings is 3. The van der Waals surface area contributed by atoms with Crippen molar-refractivity contribution in [2.75, 3.05) is 39.7 Å². The Hall–Kier alpha value is -5.19. The van der Waals surface area contributed by atoms with Gasteiger partial charge in [0, 0.05) is 23.1 Å². The van der Waals surface area contributed by atoms with Gasteiger partial charge in [0.1, 0.15) is 28.9 Å². The summed E-state index contributed by atoms with van der Waals surface area (Å²) in [6.07, 6.45) is 0.760. The minimum atomic E-state index is -0.758. The summed E-state index contributed by atoms with van der Waals surface area (Å²) in [6.45, 7) is 6.39. The van der Waals surface area contributed by atoms with Crippen LogP contribution in [0, 0.1) is 0 Å². The second-order valence-corrected chi connectivity index (χ2v) is 11.9. The van der Waals surface area contributed by atoms with Crippen molar-refractivity contribution in [2.24, 2.45) is 0 Å². The third-order valence-electron chi connectivity index (χ3n) is 7.44. The zero-order chi connectivity index (χ0) is 33.0. The van der Waals surface area contributed by atoms with Crippen molar-refractivity contribution in [1.29, 1.82) is 0 Å². The lowest BCUT2D eigenvalue weighted by atomic mass is 10.0. The Kier molecular flexibility index (Phi) is 9.41. The van der Waals surface area contributed by atoms with E-state index < -0.39 is 23.2 Å². The van der Waals surface area contributed by atoms with Gasteiger partial charge in [0.2, 0.25) is 5.75 Å². The molecule has 46 heavy (non-hydrogen) atoms. The molecule has 11 heteroatoms. The number of piperidine rings is 1. The number of nitrogens with one attached hydrogen (secondary N) is 1. The molecular formula is C35H38N2O9. The average molecular weight is 631 g/mol. The lowest BCUT2D eigenvalue weighted by Crippen LogP contribution is -2.46. The number of carbonyl (C=O) groups is 2. The average Bonchev–Trinajstić information content (AvgIpc) is 3.04. The normalized spacial score (nSPS) is 14.8. The highest BCUT2D eigenvalue weighted by Gasteiger charge is 2.29. The van der Waals surface area contributed by atoms with E-state index in [1.165, 1.54) is 13.2 Å². The monoisotopic (exact) mass is 630 g/mol. The van der Waals surface area contributed by atoms with Crippen LogP contribution in [0.5, 0.6) is 23.0 Å². The Bertz CT molecular complexity index is 1810. The van der Waals surface area contributed by atoms with Crippen molar-refractivity contribution >= 4 is 28.7 Å². The van der Waals surface area contributed by atoms with Crippen LogP contribution >= 0.6 is 0 Å². The number of carbonyl (C=O) groups excluding carboxylic acids is 2. The molecule has 2 amide bonds. The first-order valence-corrected chi connectivity index (χ1v) is 14.9. The number of anilines is 1. The van der Waals surface area contributed by atoms with Crippen molar-refractivity contribution in [2.45, 2.75) is 45.3 Å². The van der Waals surface area contributed by atoms with Gasteiger partial charge in [-0.1, -0.05) is 12.1 Å². The number of ether oxygens (including phenoxy) is 5. The molecule has 1 aliphatic rings. The van der Waals surface area contributed by atoms with E-state index in [1.807, 2.05) is 45.0 Å². The summed E-state index contributed by atoms with van der Waals surface area (Å²) >= 11 is 0. The first kappa shape index (κ1) is 32.2. The van der Waals surface area contributed by atoms with Crippen LogP contribution in [0.1, 0.15) is 44.0 Å². The fourth-order valence-corrected chi connectivity index (χ4v) is 5.28. The largest absolute Gasteiger partial charge is 0.497 e. The third kappa shape index (κ3) is 7.20. The Morgan fingerprint density at radius 2 is 1.72 bits per heavy atom. The molecule has 242 valence electrons. The molecular weight excluding hydrogens is 592 g/mol. The van der Waals surface area contributed by atoms with Crippen molar-refractivity contribution in [3.63, 3.8) is 0 Å². The summed E-state index contributed by atoms with van der Waals surface area (Å²) in [5, 5.41) is 3.19. The lowest BCUT2D eigenvalue weighted by Gasteiger charge is -2.34. The molecule has 1 fully saturated rings. The molecule has 11 nitrogen and oxygen atoms in total. The minimum absolute atomic E-state index is 0.0350. The summed E-state index contributed by atoms with van der Waals surface area (Å²) in [4.78, 5) is 40.7. The number of likely N-dealkylation sites (tertiary alicyclic amines) is 1. The van der Waals surface area contributed by atoms with Crippen molar-refractivity contribution in [1.82, 2.24) is 4.90 Å². The smallest absolute Gasteiger partial charge is 0.410 e. The van der Waals surface area contributed by atoms with Crippen LogP contribution in [0.2, 0.25) is 0 Å². The summed E-state index contributed by atoms with van der Waals surface area (Å²) in [5.74, 6) is 1.34. The van der Waals surface area contributed by atoms with Crippen LogP contribution < -0.4 is 29.9 Å². The van der Waals surface area contributed by atoms with Gasteiger partial charge in [-0.05, 0) is 87.7 Å². The van der Waals surface area contributed by atoms with E-state index in [4.69, 9.17) is 28.1 Å². The number of fused-ring (bicyclic) bond motifs is 1. The van der Waals surface area contributed by atoms with Gasteiger partial charge in [-0.15, -0.1) is 0 Å². The van der Waals surface area contributed by atoms with E-state index >= 15 is 0 Å². The fourth-order valence-electron chi connectivity index (χ4n) is 5.28.